The summed E-state index contributed by atoms with van der Waals surface area (Å²) in [5.74, 6) is 1.46. The number of para-hydroxylation sites is 1. The van der Waals surface area contributed by atoms with Crippen molar-refractivity contribution in [2.24, 2.45) is 0 Å². The SMILES string of the molecule is COc1cccc(CN[C@H](C)CO)c1OC. The van der Waals surface area contributed by atoms with Crippen molar-refractivity contribution in [1.29, 1.82) is 0 Å². The van der Waals surface area contributed by atoms with Crippen LogP contribution in [0.2, 0.25) is 0 Å². The first-order chi connectivity index (χ1) is 7.72. The number of methoxy groups -OCH3 is 2. The van der Waals surface area contributed by atoms with E-state index in [1.54, 1.807) is 14.2 Å². The third-order valence-electron chi connectivity index (χ3n) is 2.40. The molecule has 1 atom stereocenters. The van der Waals surface area contributed by atoms with Gasteiger partial charge in [-0.1, -0.05) is 12.1 Å². The lowest BCUT2D eigenvalue weighted by molar-refractivity contribution is 0.250. The largest absolute Gasteiger partial charge is 0.493 e. The average Bonchev–Trinajstić information content (AvgIpc) is 2.34. The monoisotopic (exact) mass is 225 g/mol. The van der Waals surface area contributed by atoms with Crippen molar-refractivity contribution in [1.82, 2.24) is 5.32 Å². The van der Waals surface area contributed by atoms with Gasteiger partial charge in [0.25, 0.3) is 0 Å². The number of aliphatic hydroxyl groups is 1. The minimum absolute atomic E-state index is 0.0657. The maximum absolute atomic E-state index is 8.92. The van der Waals surface area contributed by atoms with Crippen LogP contribution in [-0.2, 0) is 6.54 Å². The van der Waals surface area contributed by atoms with Crippen LogP contribution in [0.1, 0.15) is 12.5 Å². The van der Waals surface area contributed by atoms with Crippen molar-refractivity contribution in [3.63, 3.8) is 0 Å². The topological polar surface area (TPSA) is 50.7 Å². The Bertz CT molecular complexity index is 328. The van der Waals surface area contributed by atoms with Crippen molar-refractivity contribution in [3.05, 3.63) is 23.8 Å². The number of rotatable bonds is 6. The Labute approximate surface area is 96.2 Å². The third kappa shape index (κ3) is 3.12. The third-order valence-corrected chi connectivity index (χ3v) is 2.40. The maximum Gasteiger partial charge on any atom is 0.165 e. The number of ether oxygens (including phenoxy) is 2. The van der Waals surface area contributed by atoms with Gasteiger partial charge in [0, 0.05) is 18.2 Å². The summed E-state index contributed by atoms with van der Waals surface area (Å²) >= 11 is 0. The van der Waals surface area contributed by atoms with Crippen molar-refractivity contribution >= 4 is 0 Å². The van der Waals surface area contributed by atoms with Crippen LogP contribution in [0, 0.1) is 0 Å². The molecule has 0 radical (unpaired) electrons. The van der Waals surface area contributed by atoms with E-state index in [1.807, 2.05) is 25.1 Å². The van der Waals surface area contributed by atoms with Crippen LogP contribution >= 0.6 is 0 Å². The van der Waals surface area contributed by atoms with Crippen molar-refractivity contribution in [3.8, 4) is 11.5 Å². The molecule has 1 aromatic rings. The van der Waals surface area contributed by atoms with Crippen molar-refractivity contribution < 1.29 is 14.6 Å². The molecule has 0 spiro atoms. The molecule has 0 unspecified atom stereocenters. The second-order valence-corrected chi connectivity index (χ2v) is 3.62. The smallest absolute Gasteiger partial charge is 0.165 e. The Hall–Kier alpha value is -1.26. The molecule has 0 aromatic heterocycles. The second kappa shape index (κ2) is 6.35. The summed E-state index contributed by atoms with van der Waals surface area (Å²) in [4.78, 5) is 0. The first kappa shape index (κ1) is 12.8. The van der Waals surface area contributed by atoms with Crippen LogP contribution in [0.4, 0.5) is 0 Å². The summed E-state index contributed by atoms with van der Waals surface area (Å²) in [5, 5.41) is 12.1. The van der Waals surface area contributed by atoms with E-state index in [2.05, 4.69) is 5.32 Å². The molecule has 4 heteroatoms. The molecule has 16 heavy (non-hydrogen) atoms. The second-order valence-electron chi connectivity index (χ2n) is 3.62. The average molecular weight is 225 g/mol. The van der Waals surface area contributed by atoms with Gasteiger partial charge in [0.1, 0.15) is 0 Å². The number of nitrogens with one attached hydrogen (secondary N) is 1. The van der Waals surface area contributed by atoms with Crippen LogP contribution in [-0.4, -0.2) is 32.0 Å². The minimum atomic E-state index is 0.0657. The predicted octanol–water partition coefficient (Wildman–Crippen LogP) is 1.17. The molecule has 0 saturated carbocycles. The van der Waals surface area contributed by atoms with Gasteiger partial charge in [-0.2, -0.15) is 0 Å². The quantitative estimate of drug-likeness (QED) is 0.763. The van der Waals surface area contributed by atoms with Crippen LogP contribution in [0.3, 0.4) is 0 Å². The minimum Gasteiger partial charge on any atom is -0.493 e. The van der Waals surface area contributed by atoms with E-state index in [1.165, 1.54) is 0 Å². The standard InChI is InChI=1S/C12H19NO3/c1-9(8-14)13-7-10-5-4-6-11(15-2)12(10)16-3/h4-6,9,13-14H,7-8H2,1-3H3/t9-/m1/s1. The van der Waals surface area contributed by atoms with Gasteiger partial charge in [-0.05, 0) is 13.0 Å². The Kier molecular flexibility index (Phi) is 5.08. The van der Waals surface area contributed by atoms with Crippen LogP contribution < -0.4 is 14.8 Å². The lowest BCUT2D eigenvalue weighted by Gasteiger charge is -2.15. The molecular formula is C12H19NO3. The zero-order valence-corrected chi connectivity index (χ0v) is 9.99. The zero-order chi connectivity index (χ0) is 12.0. The van der Waals surface area contributed by atoms with Crippen LogP contribution in [0.15, 0.2) is 18.2 Å². The Morgan fingerprint density at radius 2 is 2.06 bits per heavy atom. The molecule has 0 amide bonds. The van der Waals surface area contributed by atoms with E-state index >= 15 is 0 Å². The van der Waals surface area contributed by atoms with Gasteiger partial charge in [-0.15, -0.1) is 0 Å². The van der Waals surface area contributed by atoms with E-state index in [4.69, 9.17) is 14.6 Å². The first-order valence-corrected chi connectivity index (χ1v) is 5.27. The molecule has 0 aliphatic heterocycles. The summed E-state index contributed by atoms with van der Waals surface area (Å²) in [5.41, 5.74) is 1.02. The van der Waals surface area contributed by atoms with Crippen molar-refractivity contribution in [2.45, 2.75) is 19.5 Å². The first-order valence-electron chi connectivity index (χ1n) is 5.27. The molecule has 0 heterocycles. The molecule has 90 valence electrons. The molecule has 0 aliphatic carbocycles. The van der Waals surface area contributed by atoms with Crippen LogP contribution in [0.25, 0.3) is 0 Å². The van der Waals surface area contributed by atoms with Gasteiger partial charge in [-0.3, -0.25) is 0 Å². The fourth-order valence-electron chi connectivity index (χ4n) is 1.44. The summed E-state index contributed by atoms with van der Waals surface area (Å²) < 4.78 is 10.5. The van der Waals surface area contributed by atoms with Gasteiger partial charge < -0.3 is 19.9 Å². The van der Waals surface area contributed by atoms with Gasteiger partial charge in [0.2, 0.25) is 0 Å². The highest BCUT2D eigenvalue weighted by Crippen LogP contribution is 2.30. The fraction of sp³-hybridized carbons (Fsp3) is 0.500. The maximum atomic E-state index is 8.92. The highest BCUT2D eigenvalue weighted by molar-refractivity contribution is 5.46. The van der Waals surface area contributed by atoms with Gasteiger partial charge in [0.15, 0.2) is 11.5 Å². The fourth-order valence-corrected chi connectivity index (χ4v) is 1.44. The van der Waals surface area contributed by atoms with E-state index in [0.29, 0.717) is 6.54 Å². The van der Waals surface area contributed by atoms with E-state index in [9.17, 15) is 0 Å². The normalized spacial score (nSPS) is 12.2. The highest BCUT2D eigenvalue weighted by Gasteiger charge is 2.09. The molecule has 0 bridgehead atoms. The van der Waals surface area contributed by atoms with Gasteiger partial charge in [-0.25, -0.2) is 0 Å². The predicted molar refractivity (Wildman–Crippen MR) is 62.9 cm³/mol. The highest BCUT2D eigenvalue weighted by atomic mass is 16.5. The van der Waals surface area contributed by atoms with E-state index in [-0.39, 0.29) is 12.6 Å². The Balaban J connectivity index is 2.78. The summed E-state index contributed by atoms with van der Waals surface area (Å²) in [7, 11) is 3.24. The molecule has 0 saturated heterocycles. The van der Waals surface area contributed by atoms with Crippen LogP contribution in [0.5, 0.6) is 11.5 Å². The number of hydrogen-bond donors (Lipinski definition) is 2. The number of benzene rings is 1. The number of aliphatic hydroxyl groups excluding tert-OH is 1. The van der Waals surface area contributed by atoms with Gasteiger partial charge >= 0.3 is 0 Å². The summed E-state index contributed by atoms with van der Waals surface area (Å²) in [6.07, 6.45) is 0. The lowest BCUT2D eigenvalue weighted by atomic mass is 10.1. The summed E-state index contributed by atoms with van der Waals surface area (Å²) in [6.45, 7) is 2.68. The molecule has 1 aromatic carbocycles. The lowest BCUT2D eigenvalue weighted by Crippen LogP contribution is -2.28. The molecule has 0 aliphatic rings. The van der Waals surface area contributed by atoms with E-state index < -0.39 is 0 Å². The molecule has 0 fully saturated rings. The Morgan fingerprint density at radius 1 is 1.31 bits per heavy atom. The molecular weight excluding hydrogens is 206 g/mol. The Morgan fingerprint density at radius 3 is 2.62 bits per heavy atom. The van der Waals surface area contributed by atoms with Crippen molar-refractivity contribution in [2.75, 3.05) is 20.8 Å². The van der Waals surface area contributed by atoms with E-state index in [0.717, 1.165) is 17.1 Å². The summed E-state index contributed by atoms with van der Waals surface area (Å²) in [6, 6.07) is 5.81. The molecule has 2 N–H and O–H groups in total. The zero-order valence-electron chi connectivity index (χ0n) is 9.99. The number of hydrogen-bond acceptors (Lipinski definition) is 4. The molecule has 1 rings (SSSR count). The molecule has 4 nitrogen and oxygen atoms in total. The van der Waals surface area contributed by atoms with Gasteiger partial charge in [0.05, 0.1) is 20.8 Å².